The minimum Gasteiger partial charge on any atom is -0.371 e. The average molecular weight is 410 g/mol. The van der Waals surface area contributed by atoms with Crippen molar-refractivity contribution in [3.05, 3.63) is 58.1 Å². The highest BCUT2D eigenvalue weighted by Crippen LogP contribution is 2.24. The van der Waals surface area contributed by atoms with Crippen LogP contribution in [-0.4, -0.2) is 27.5 Å². The summed E-state index contributed by atoms with van der Waals surface area (Å²) < 4.78 is 27.8. The summed E-state index contributed by atoms with van der Waals surface area (Å²) in [6.07, 6.45) is 1.38. The zero-order valence-corrected chi connectivity index (χ0v) is 16.2. The first-order valence-electron chi connectivity index (χ1n) is 8.11. The van der Waals surface area contributed by atoms with Gasteiger partial charge in [0.2, 0.25) is 10.0 Å². The maximum Gasteiger partial charge on any atom is 0.240 e. The van der Waals surface area contributed by atoms with Crippen LogP contribution in [0.1, 0.15) is 18.4 Å². The number of nitriles is 1. The number of piperidine rings is 1. The second kappa shape index (κ2) is 7.85. The molecule has 0 spiro atoms. The second-order valence-corrected chi connectivity index (χ2v) is 8.73. The molecule has 1 saturated heterocycles. The van der Waals surface area contributed by atoms with Crippen molar-refractivity contribution >= 4 is 38.9 Å². The van der Waals surface area contributed by atoms with Gasteiger partial charge in [-0.25, -0.2) is 13.1 Å². The lowest BCUT2D eigenvalue weighted by molar-refractivity contribution is 0.460. The van der Waals surface area contributed by atoms with Crippen molar-refractivity contribution < 1.29 is 8.42 Å². The highest BCUT2D eigenvalue weighted by molar-refractivity contribution is 7.89. The summed E-state index contributed by atoms with van der Waals surface area (Å²) in [6, 6.07) is 13.6. The number of hydrogen-bond donors (Lipinski definition) is 1. The summed E-state index contributed by atoms with van der Waals surface area (Å²) >= 11 is 11.8. The number of nitrogens with one attached hydrogen (secondary N) is 1. The van der Waals surface area contributed by atoms with Gasteiger partial charge in [-0.3, -0.25) is 0 Å². The molecule has 0 amide bonds. The molecule has 0 bridgehead atoms. The Labute approximate surface area is 163 Å². The molecule has 26 heavy (non-hydrogen) atoms. The Morgan fingerprint density at radius 1 is 1.04 bits per heavy atom. The molecule has 1 aliphatic rings. The van der Waals surface area contributed by atoms with Gasteiger partial charge in [0, 0.05) is 34.9 Å². The van der Waals surface area contributed by atoms with Gasteiger partial charge in [-0.1, -0.05) is 23.2 Å². The van der Waals surface area contributed by atoms with E-state index in [1.54, 1.807) is 12.1 Å². The summed E-state index contributed by atoms with van der Waals surface area (Å²) in [7, 11) is -3.67. The van der Waals surface area contributed by atoms with Crippen LogP contribution in [-0.2, 0) is 10.0 Å². The van der Waals surface area contributed by atoms with Crippen LogP contribution in [0.4, 0.5) is 5.69 Å². The minimum absolute atomic E-state index is 0.0736. The van der Waals surface area contributed by atoms with Crippen molar-refractivity contribution in [1.82, 2.24) is 4.72 Å². The normalized spacial score (nSPS) is 15.7. The van der Waals surface area contributed by atoms with Gasteiger partial charge in [-0.15, -0.1) is 0 Å². The first kappa shape index (κ1) is 19.0. The third-order valence-corrected chi connectivity index (χ3v) is 6.26. The molecule has 1 fully saturated rings. The van der Waals surface area contributed by atoms with Crippen molar-refractivity contribution in [2.45, 2.75) is 23.8 Å². The highest BCUT2D eigenvalue weighted by Gasteiger charge is 2.25. The zero-order chi connectivity index (χ0) is 18.7. The number of sulfonamides is 1. The predicted octanol–water partition coefficient (Wildman–Crippen LogP) is 3.81. The molecule has 0 radical (unpaired) electrons. The number of benzene rings is 2. The standard InChI is InChI=1S/C18H17Cl2N3O2S/c19-14-9-15(20)11-18(10-14)26(24,25)22-16-5-7-23(8-6-16)17-3-1-13(12-21)2-4-17/h1-4,9-11,16,22H,5-8H2. The molecule has 2 aromatic rings. The van der Waals surface area contributed by atoms with Gasteiger partial charge in [0.15, 0.2) is 0 Å². The van der Waals surface area contributed by atoms with Crippen LogP contribution >= 0.6 is 23.2 Å². The van der Waals surface area contributed by atoms with Crippen LogP contribution < -0.4 is 9.62 Å². The lowest BCUT2D eigenvalue weighted by atomic mass is 10.1. The summed E-state index contributed by atoms with van der Waals surface area (Å²) in [5.74, 6) is 0. The number of rotatable bonds is 4. The topological polar surface area (TPSA) is 73.2 Å². The molecule has 136 valence electrons. The van der Waals surface area contributed by atoms with Crippen molar-refractivity contribution in [2.24, 2.45) is 0 Å². The number of anilines is 1. The third kappa shape index (κ3) is 4.49. The van der Waals surface area contributed by atoms with E-state index in [1.165, 1.54) is 18.2 Å². The van der Waals surface area contributed by atoms with E-state index in [-0.39, 0.29) is 21.0 Å². The lowest BCUT2D eigenvalue weighted by Gasteiger charge is -2.33. The van der Waals surface area contributed by atoms with E-state index in [0.717, 1.165) is 18.8 Å². The second-order valence-electron chi connectivity index (χ2n) is 6.15. The Hall–Kier alpha value is -1.78. The SMILES string of the molecule is N#Cc1ccc(N2CCC(NS(=O)(=O)c3cc(Cl)cc(Cl)c3)CC2)cc1. The maximum absolute atomic E-state index is 12.6. The molecule has 0 unspecified atom stereocenters. The molecule has 3 rings (SSSR count). The molecule has 8 heteroatoms. The fraction of sp³-hybridized carbons (Fsp3) is 0.278. The largest absolute Gasteiger partial charge is 0.371 e. The Bertz CT molecular complexity index is 912. The Balaban J connectivity index is 1.63. The molecule has 1 aliphatic heterocycles. The Morgan fingerprint density at radius 2 is 1.62 bits per heavy atom. The summed E-state index contributed by atoms with van der Waals surface area (Å²) in [4.78, 5) is 2.26. The molecular formula is C18H17Cl2N3O2S. The van der Waals surface area contributed by atoms with Crippen molar-refractivity contribution in [2.75, 3.05) is 18.0 Å². The predicted molar refractivity (Wildman–Crippen MR) is 103 cm³/mol. The van der Waals surface area contributed by atoms with Crippen LogP contribution in [0.25, 0.3) is 0 Å². The molecule has 2 aromatic carbocycles. The van der Waals surface area contributed by atoms with E-state index in [0.29, 0.717) is 18.4 Å². The third-order valence-electron chi connectivity index (χ3n) is 4.32. The van der Waals surface area contributed by atoms with Crippen LogP contribution in [0.15, 0.2) is 47.4 Å². The van der Waals surface area contributed by atoms with Gasteiger partial charge in [0.25, 0.3) is 0 Å². The minimum atomic E-state index is -3.67. The van der Waals surface area contributed by atoms with Gasteiger partial charge < -0.3 is 4.90 Å². The fourth-order valence-corrected chi connectivity index (χ4v) is 5.00. The maximum atomic E-state index is 12.6. The van der Waals surface area contributed by atoms with E-state index in [1.807, 2.05) is 12.1 Å². The summed E-state index contributed by atoms with van der Waals surface area (Å²) in [6.45, 7) is 1.46. The average Bonchev–Trinajstić information content (AvgIpc) is 2.61. The van der Waals surface area contributed by atoms with E-state index < -0.39 is 10.0 Å². The molecule has 0 aliphatic carbocycles. The van der Waals surface area contributed by atoms with E-state index in [2.05, 4.69) is 15.7 Å². The number of hydrogen-bond acceptors (Lipinski definition) is 4. The van der Waals surface area contributed by atoms with Crippen LogP contribution in [0, 0.1) is 11.3 Å². The molecule has 0 atom stereocenters. The van der Waals surface area contributed by atoms with Crippen molar-refractivity contribution in [3.63, 3.8) is 0 Å². The van der Waals surface area contributed by atoms with Crippen LogP contribution in [0.5, 0.6) is 0 Å². The highest BCUT2D eigenvalue weighted by atomic mass is 35.5. The van der Waals surface area contributed by atoms with E-state index in [4.69, 9.17) is 28.5 Å². The van der Waals surface area contributed by atoms with Gasteiger partial charge >= 0.3 is 0 Å². The molecule has 0 saturated carbocycles. The number of halogens is 2. The lowest BCUT2D eigenvalue weighted by Crippen LogP contribution is -2.44. The Morgan fingerprint density at radius 3 is 2.15 bits per heavy atom. The fourth-order valence-electron chi connectivity index (χ4n) is 2.97. The van der Waals surface area contributed by atoms with E-state index >= 15 is 0 Å². The molecular weight excluding hydrogens is 393 g/mol. The quantitative estimate of drug-likeness (QED) is 0.832. The first-order valence-corrected chi connectivity index (χ1v) is 10.3. The summed E-state index contributed by atoms with van der Waals surface area (Å²) in [5.41, 5.74) is 1.66. The molecule has 5 nitrogen and oxygen atoms in total. The smallest absolute Gasteiger partial charge is 0.240 e. The Kier molecular flexibility index (Phi) is 5.73. The van der Waals surface area contributed by atoms with Gasteiger partial charge in [0.1, 0.15) is 0 Å². The monoisotopic (exact) mass is 409 g/mol. The van der Waals surface area contributed by atoms with Gasteiger partial charge in [0.05, 0.1) is 16.5 Å². The van der Waals surface area contributed by atoms with E-state index in [9.17, 15) is 8.42 Å². The van der Waals surface area contributed by atoms with Crippen molar-refractivity contribution in [1.29, 1.82) is 5.26 Å². The van der Waals surface area contributed by atoms with Gasteiger partial charge in [-0.05, 0) is 55.3 Å². The van der Waals surface area contributed by atoms with Crippen molar-refractivity contribution in [3.8, 4) is 6.07 Å². The molecule has 1 N–H and O–H groups in total. The summed E-state index contributed by atoms with van der Waals surface area (Å²) in [5, 5.41) is 9.44. The van der Waals surface area contributed by atoms with Crippen LogP contribution in [0.3, 0.4) is 0 Å². The zero-order valence-electron chi connectivity index (χ0n) is 13.8. The molecule has 0 aromatic heterocycles. The van der Waals surface area contributed by atoms with Crippen LogP contribution in [0.2, 0.25) is 10.0 Å². The van der Waals surface area contributed by atoms with Gasteiger partial charge in [-0.2, -0.15) is 5.26 Å². The molecule has 1 heterocycles. The first-order chi connectivity index (χ1) is 12.4. The number of nitrogens with zero attached hydrogens (tertiary/aromatic N) is 2.